The molecule has 7 heteroatoms. The van der Waals surface area contributed by atoms with Gasteiger partial charge in [0.25, 0.3) is 0 Å². The van der Waals surface area contributed by atoms with Gasteiger partial charge in [-0.1, -0.05) is 60.3 Å². The van der Waals surface area contributed by atoms with Crippen LogP contribution in [0.2, 0.25) is 0 Å². The highest BCUT2D eigenvalue weighted by Gasteiger charge is 2.44. The number of hydrogen-bond donors (Lipinski definition) is 5. The van der Waals surface area contributed by atoms with Gasteiger partial charge in [0.1, 0.15) is 36.3 Å². The molecule has 0 radical (unpaired) electrons. The molecular weight excluding hydrogens is 392 g/mol. The molecule has 29 heavy (non-hydrogen) atoms. The number of aromatic hydroxyl groups is 1. The average Bonchev–Trinajstić information content (AvgIpc) is 2.71. The number of aliphatic hydroxyl groups is 4. The number of rotatable bonds is 5. The van der Waals surface area contributed by atoms with Crippen LogP contribution in [0.4, 0.5) is 0 Å². The Hall–Kier alpha value is -2.13. The summed E-state index contributed by atoms with van der Waals surface area (Å²) in [5, 5.41) is 50.4. The van der Waals surface area contributed by atoms with Crippen molar-refractivity contribution in [2.45, 2.75) is 37.4 Å². The number of hydrogen-bond acceptors (Lipinski definition) is 7. The molecule has 0 bridgehead atoms. The summed E-state index contributed by atoms with van der Waals surface area (Å²) in [5.41, 5.74) is 2.72. The molecule has 1 aliphatic heterocycles. The lowest BCUT2D eigenvalue weighted by atomic mass is 9.88. The number of thiocarbonyl (C=S) groups is 1. The van der Waals surface area contributed by atoms with Crippen molar-refractivity contribution in [3.05, 3.63) is 70.8 Å². The molecule has 5 atom stereocenters. The molecule has 0 unspecified atom stereocenters. The summed E-state index contributed by atoms with van der Waals surface area (Å²) in [6.07, 6.45) is -3.09. The molecule has 0 aromatic heterocycles. The molecule has 3 rings (SSSR count). The van der Waals surface area contributed by atoms with Crippen LogP contribution in [-0.2, 0) is 4.74 Å². The van der Waals surface area contributed by atoms with Crippen LogP contribution in [0.15, 0.2) is 48.5 Å². The molecule has 1 heterocycles. The lowest BCUT2D eigenvalue weighted by molar-refractivity contribution is -0.231. The number of allylic oxidation sites excluding steroid dienone is 1. The van der Waals surface area contributed by atoms with Crippen LogP contribution in [0, 0.1) is 6.92 Å². The zero-order valence-electron chi connectivity index (χ0n) is 15.8. The van der Waals surface area contributed by atoms with E-state index in [4.69, 9.17) is 17.0 Å². The summed E-state index contributed by atoms with van der Waals surface area (Å²) >= 11 is 5.49. The van der Waals surface area contributed by atoms with Gasteiger partial charge >= 0.3 is 0 Å². The van der Waals surface area contributed by atoms with E-state index in [0.717, 1.165) is 11.1 Å². The van der Waals surface area contributed by atoms with Crippen LogP contribution in [0.3, 0.4) is 0 Å². The summed E-state index contributed by atoms with van der Waals surface area (Å²) in [6, 6.07) is 12.5. The molecule has 2 aromatic rings. The van der Waals surface area contributed by atoms with Gasteiger partial charge in [-0.05, 0) is 30.2 Å². The van der Waals surface area contributed by atoms with Gasteiger partial charge in [0.05, 0.1) is 6.61 Å². The summed E-state index contributed by atoms with van der Waals surface area (Å²) < 4.78 is 5.63. The van der Waals surface area contributed by atoms with Gasteiger partial charge in [-0.15, -0.1) is 0 Å². The maximum absolute atomic E-state index is 10.4. The first-order valence-electron chi connectivity index (χ1n) is 9.25. The van der Waals surface area contributed by atoms with E-state index < -0.39 is 37.1 Å². The lowest BCUT2D eigenvalue weighted by Crippen LogP contribution is -2.55. The lowest BCUT2D eigenvalue weighted by Gasteiger charge is -2.40. The Morgan fingerprint density at radius 2 is 1.72 bits per heavy atom. The molecular formula is C22H24O6S. The summed E-state index contributed by atoms with van der Waals surface area (Å²) in [5.74, 6) is -0.0991. The van der Waals surface area contributed by atoms with Crippen molar-refractivity contribution in [3.63, 3.8) is 0 Å². The molecule has 0 saturated carbocycles. The Morgan fingerprint density at radius 3 is 2.38 bits per heavy atom. The monoisotopic (exact) mass is 416 g/mol. The predicted octanol–water partition coefficient (Wildman–Crippen LogP) is 1.65. The third kappa shape index (κ3) is 4.56. The summed E-state index contributed by atoms with van der Waals surface area (Å²) in [4.78, 5) is 0.315. The van der Waals surface area contributed by atoms with Crippen molar-refractivity contribution >= 4 is 23.2 Å². The van der Waals surface area contributed by atoms with Crippen molar-refractivity contribution in [3.8, 4) is 5.75 Å². The molecule has 1 aliphatic rings. The largest absolute Gasteiger partial charge is 0.507 e. The number of phenols is 1. The van der Waals surface area contributed by atoms with Crippen LogP contribution in [0.5, 0.6) is 5.75 Å². The number of aryl methyl sites for hydroxylation is 1. The van der Waals surface area contributed by atoms with E-state index in [1.165, 1.54) is 6.07 Å². The van der Waals surface area contributed by atoms with E-state index in [-0.39, 0.29) is 11.3 Å². The normalized spacial score (nSPS) is 27.3. The van der Waals surface area contributed by atoms with Crippen LogP contribution < -0.4 is 0 Å². The highest BCUT2D eigenvalue weighted by molar-refractivity contribution is 7.81. The average molecular weight is 416 g/mol. The third-order valence-electron chi connectivity index (χ3n) is 5.02. The summed E-state index contributed by atoms with van der Waals surface area (Å²) in [7, 11) is 0. The fourth-order valence-corrected chi connectivity index (χ4v) is 3.64. The number of phenolic OH excluding ortho intramolecular Hbond substituents is 1. The smallest absolute Gasteiger partial charge is 0.124 e. The zero-order chi connectivity index (χ0) is 21.1. The van der Waals surface area contributed by atoms with E-state index in [0.29, 0.717) is 10.4 Å². The van der Waals surface area contributed by atoms with Crippen molar-refractivity contribution < 1.29 is 30.3 Å². The standard InChI is InChI=1S/C22H24O6S/c1-12-5-7-13(8-6-12)9-10-17(29)18-14(3-2-4-15(18)24)22-21(27)20(26)19(25)16(11-23)28-22/h2-10,16,19-27H,11H2,1H3/t16-,19-,20+,21-,22+/m1/s1. The fraction of sp³-hybridized carbons (Fsp3) is 0.318. The quantitative estimate of drug-likeness (QED) is 0.286. The van der Waals surface area contributed by atoms with Gasteiger partial charge in [0.2, 0.25) is 0 Å². The molecule has 6 nitrogen and oxygen atoms in total. The van der Waals surface area contributed by atoms with E-state index >= 15 is 0 Å². The molecule has 1 saturated heterocycles. The van der Waals surface area contributed by atoms with E-state index in [2.05, 4.69) is 0 Å². The van der Waals surface area contributed by atoms with Crippen LogP contribution in [0.25, 0.3) is 6.08 Å². The van der Waals surface area contributed by atoms with Crippen LogP contribution in [-0.4, -0.2) is 61.4 Å². The second-order valence-corrected chi connectivity index (χ2v) is 7.54. The predicted molar refractivity (Wildman–Crippen MR) is 113 cm³/mol. The second-order valence-electron chi connectivity index (χ2n) is 7.10. The molecule has 154 valence electrons. The Bertz CT molecular complexity index is 893. The van der Waals surface area contributed by atoms with Gasteiger partial charge in [-0.25, -0.2) is 0 Å². The Kier molecular flexibility index (Phi) is 6.79. The second kappa shape index (κ2) is 9.13. The topological polar surface area (TPSA) is 110 Å². The molecule has 0 spiro atoms. The molecule has 1 fully saturated rings. The molecule has 5 N–H and O–H groups in total. The van der Waals surface area contributed by atoms with E-state index in [1.807, 2.05) is 37.3 Å². The third-order valence-corrected chi connectivity index (χ3v) is 5.36. The Balaban J connectivity index is 1.94. The minimum absolute atomic E-state index is 0.0991. The zero-order valence-corrected chi connectivity index (χ0v) is 16.7. The van der Waals surface area contributed by atoms with Crippen molar-refractivity contribution in [1.29, 1.82) is 0 Å². The minimum Gasteiger partial charge on any atom is -0.507 e. The first-order chi connectivity index (χ1) is 13.8. The molecule has 0 aliphatic carbocycles. The highest BCUT2D eigenvalue weighted by Crippen LogP contribution is 2.37. The first-order valence-corrected chi connectivity index (χ1v) is 9.65. The van der Waals surface area contributed by atoms with Crippen molar-refractivity contribution in [1.82, 2.24) is 0 Å². The number of benzene rings is 2. The number of aliphatic hydroxyl groups excluding tert-OH is 4. The van der Waals surface area contributed by atoms with Gasteiger partial charge in [-0.2, -0.15) is 0 Å². The first kappa shape index (κ1) is 21.6. The highest BCUT2D eigenvalue weighted by atomic mass is 32.1. The van der Waals surface area contributed by atoms with Gasteiger partial charge in [-0.3, -0.25) is 0 Å². The number of ether oxygens (including phenoxy) is 1. The Morgan fingerprint density at radius 1 is 1.03 bits per heavy atom. The van der Waals surface area contributed by atoms with E-state index in [1.54, 1.807) is 18.2 Å². The molecule has 2 aromatic carbocycles. The minimum atomic E-state index is -1.52. The van der Waals surface area contributed by atoms with Crippen LogP contribution >= 0.6 is 12.2 Å². The maximum Gasteiger partial charge on any atom is 0.124 e. The van der Waals surface area contributed by atoms with Gasteiger partial charge < -0.3 is 30.3 Å². The maximum atomic E-state index is 10.4. The fourth-order valence-electron chi connectivity index (χ4n) is 3.35. The van der Waals surface area contributed by atoms with Gasteiger partial charge in [0, 0.05) is 10.4 Å². The van der Waals surface area contributed by atoms with Crippen molar-refractivity contribution in [2.75, 3.05) is 6.61 Å². The summed E-state index contributed by atoms with van der Waals surface area (Å²) in [6.45, 7) is 1.46. The Labute approximate surface area is 174 Å². The SMILES string of the molecule is Cc1ccc(C=CC(=S)c2c(O)cccc2[C@@H]2O[C@H](CO)[C@@H](O)[C@H](O)[C@H]2O)cc1. The van der Waals surface area contributed by atoms with Gasteiger partial charge in [0.15, 0.2) is 0 Å². The van der Waals surface area contributed by atoms with E-state index in [9.17, 15) is 25.5 Å². The van der Waals surface area contributed by atoms with Crippen molar-refractivity contribution in [2.24, 2.45) is 0 Å². The van der Waals surface area contributed by atoms with Crippen LogP contribution in [0.1, 0.15) is 28.4 Å². The molecule has 0 amide bonds.